The highest BCUT2D eigenvalue weighted by Crippen LogP contribution is 2.21. The number of hydrogen-bond donors (Lipinski definition) is 1. The topological polar surface area (TPSA) is 58.0 Å². The molecule has 0 aromatic carbocycles. The van der Waals surface area contributed by atoms with Crippen molar-refractivity contribution < 1.29 is 4.42 Å². The summed E-state index contributed by atoms with van der Waals surface area (Å²) in [5.74, 6) is 1.56. The molecule has 0 saturated carbocycles. The Hall–Kier alpha value is -1.49. The third-order valence-corrected chi connectivity index (χ3v) is 3.64. The van der Waals surface area contributed by atoms with Gasteiger partial charge in [-0.2, -0.15) is 0 Å². The average Bonchev–Trinajstić information content (AvgIpc) is 2.98. The maximum absolute atomic E-state index is 6.05. The molecule has 1 aromatic heterocycles. The molecule has 1 atom stereocenters. The summed E-state index contributed by atoms with van der Waals surface area (Å²) in [6.45, 7) is 12.8. The second-order valence-electron chi connectivity index (χ2n) is 4.62. The summed E-state index contributed by atoms with van der Waals surface area (Å²) in [5, 5.41) is 0. The van der Waals surface area contributed by atoms with Crippen LogP contribution >= 0.6 is 0 Å². The van der Waals surface area contributed by atoms with Crippen LogP contribution in [-0.2, 0) is 0 Å². The summed E-state index contributed by atoms with van der Waals surface area (Å²) < 4.78 is 5.56. The van der Waals surface area contributed by atoms with Crippen LogP contribution < -0.4 is 5.73 Å². The zero-order chi connectivity index (χ0) is 15.0. The van der Waals surface area contributed by atoms with Gasteiger partial charge < -0.3 is 15.1 Å². The Labute approximate surface area is 122 Å². The van der Waals surface area contributed by atoms with Crippen molar-refractivity contribution in [3.8, 4) is 0 Å². The lowest BCUT2D eigenvalue weighted by Gasteiger charge is -2.27. The first-order chi connectivity index (χ1) is 9.67. The van der Waals surface area contributed by atoms with Crippen LogP contribution in [0, 0.1) is 0 Å². The maximum atomic E-state index is 6.05. The van der Waals surface area contributed by atoms with Gasteiger partial charge in [-0.15, -0.1) is 0 Å². The molecule has 0 saturated heterocycles. The predicted molar refractivity (Wildman–Crippen MR) is 83.8 cm³/mol. The fraction of sp³-hybridized carbons (Fsp3) is 0.667. The molecule has 1 unspecified atom stereocenters. The third-order valence-electron chi connectivity index (χ3n) is 3.64. The lowest BCUT2D eigenvalue weighted by molar-refractivity contribution is 0.198. The Bertz CT molecular complexity index is 381. The van der Waals surface area contributed by atoms with Crippen LogP contribution in [-0.4, -0.2) is 48.5 Å². The van der Waals surface area contributed by atoms with Gasteiger partial charge in [0.25, 0.3) is 0 Å². The van der Waals surface area contributed by atoms with E-state index < -0.39 is 0 Å². The lowest BCUT2D eigenvalue weighted by atomic mass is 10.2. The summed E-state index contributed by atoms with van der Waals surface area (Å²) in [5.41, 5.74) is 6.05. The van der Waals surface area contributed by atoms with E-state index in [0.29, 0.717) is 12.5 Å². The number of furan rings is 1. The van der Waals surface area contributed by atoms with Gasteiger partial charge >= 0.3 is 0 Å². The van der Waals surface area contributed by atoms with Gasteiger partial charge in [-0.1, -0.05) is 13.8 Å². The maximum Gasteiger partial charge on any atom is 0.191 e. The van der Waals surface area contributed by atoms with E-state index in [9.17, 15) is 0 Å². The van der Waals surface area contributed by atoms with Gasteiger partial charge in [-0.25, -0.2) is 0 Å². The van der Waals surface area contributed by atoms with Crippen LogP contribution in [0.4, 0.5) is 0 Å². The number of rotatable bonds is 8. The molecule has 5 heteroatoms. The molecule has 1 rings (SSSR count). The first-order valence-corrected chi connectivity index (χ1v) is 7.50. The van der Waals surface area contributed by atoms with Crippen LogP contribution in [0.2, 0.25) is 0 Å². The summed E-state index contributed by atoms with van der Waals surface area (Å²) in [6, 6.07) is 4.07. The van der Waals surface area contributed by atoms with Gasteiger partial charge in [0.1, 0.15) is 5.76 Å². The minimum atomic E-state index is 0.147. The van der Waals surface area contributed by atoms with E-state index in [-0.39, 0.29) is 6.04 Å². The zero-order valence-electron chi connectivity index (χ0n) is 13.2. The predicted octanol–water partition coefficient (Wildman–Crippen LogP) is 2.32. The molecular weight excluding hydrogens is 252 g/mol. The highest BCUT2D eigenvalue weighted by atomic mass is 16.3. The van der Waals surface area contributed by atoms with Crippen molar-refractivity contribution in [3.05, 3.63) is 24.2 Å². The number of nitrogens with zero attached hydrogens (tertiary/aromatic N) is 3. The fourth-order valence-corrected chi connectivity index (χ4v) is 2.36. The summed E-state index contributed by atoms with van der Waals surface area (Å²) in [7, 11) is 0. The minimum Gasteiger partial charge on any atom is -0.468 e. The van der Waals surface area contributed by atoms with E-state index in [1.165, 1.54) is 0 Å². The van der Waals surface area contributed by atoms with Crippen molar-refractivity contribution >= 4 is 5.96 Å². The SMILES string of the molecule is CCN(CC)C(N)=NCC(c1ccco1)N(CC)CC. The fourth-order valence-electron chi connectivity index (χ4n) is 2.36. The molecule has 0 aliphatic heterocycles. The average molecular weight is 280 g/mol. The Morgan fingerprint density at radius 1 is 1.20 bits per heavy atom. The van der Waals surface area contributed by atoms with Gasteiger partial charge in [0.05, 0.1) is 18.8 Å². The summed E-state index contributed by atoms with van der Waals surface area (Å²) in [6.07, 6.45) is 1.71. The minimum absolute atomic E-state index is 0.147. The molecule has 5 nitrogen and oxygen atoms in total. The molecule has 2 N–H and O–H groups in total. The molecule has 0 radical (unpaired) electrons. The standard InChI is InChI=1S/C15H28N4O/c1-5-18(6-2)13(14-10-9-11-20-14)12-17-15(16)19(7-3)8-4/h9-11,13H,5-8,12H2,1-4H3,(H2,16,17). The van der Waals surface area contributed by atoms with Crippen LogP contribution in [0.5, 0.6) is 0 Å². The van der Waals surface area contributed by atoms with Crippen LogP contribution in [0.1, 0.15) is 39.5 Å². The second kappa shape index (κ2) is 8.64. The first-order valence-electron chi connectivity index (χ1n) is 7.50. The normalized spacial score (nSPS) is 13.8. The molecule has 1 aromatic rings. The second-order valence-corrected chi connectivity index (χ2v) is 4.62. The molecule has 0 spiro atoms. The molecule has 1 heterocycles. The van der Waals surface area contributed by atoms with Crippen LogP contribution in [0.3, 0.4) is 0 Å². The van der Waals surface area contributed by atoms with E-state index in [0.717, 1.165) is 31.9 Å². The Morgan fingerprint density at radius 2 is 1.85 bits per heavy atom. The molecule has 0 aliphatic rings. The van der Waals surface area contributed by atoms with Crippen molar-refractivity contribution in [2.45, 2.75) is 33.7 Å². The van der Waals surface area contributed by atoms with Gasteiger partial charge in [0.15, 0.2) is 5.96 Å². The largest absolute Gasteiger partial charge is 0.468 e. The van der Waals surface area contributed by atoms with Gasteiger partial charge in [-0.3, -0.25) is 9.89 Å². The Balaban J connectivity index is 2.83. The number of likely N-dealkylation sites (N-methyl/N-ethyl adjacent to an activating group) is 1. The van der Waals surface area contributed by atoms with E-state index >= 15 is 0 Å². The molecule has 0 bridgehead atoms. The van der Waals surface area contributed by atoms with Crippen molar-refractivity contribution in [1.82, 2.24) is 9.80 Å². The molecule has 0 amide bonds. The summed E-state index contributed by atoms with van der Waals surface area (Å²) >= 11 is 0. The number of aliphatic imine (C=N–C) groups is 1. The van der Waals surface area contributed by atoms with Gasteiger partial charge in [0.2, 0.25) is 0 Å². The van der Waals surface area contributed by atoms with E-state index in [1.54, 1.807) is 6.26 Å². The molecule has 0 aliphatic carbocycles. The monoisotopic (exact) mass is 280 g/mol. The molecule has 20 heavy (non-hydrogen) atoms. The molecule has 114 valence electrons. The zero-order valence-corrected chi connectivity index (χ0v) is 13.2. The lowest BCUT2D eigenvalue weighted by Crippen LogP contribution is -2.38. The Morgan fingerprint density at radius 3 is 2.30 bits per heavy atom. The summed E-state index contributed by atoms with van der Waals surface area (Å²) in [4.78, 5) is 8.95. The van der Waals surface area contributed by atoms with Gasteiger partial charge in [0, 0.05) is 13.1 Å². The smallest absolute Gasteiger partial charge is 0.191 e. The highest BCUT2D eigenvalue weighted by molar-refractivity contribution is 5.78. The molecule has 0 fully saturated rings. The van der Waals surface area contributed by atoms with E-state index in [1.807, 2.05) is 12.1 Å². The number of guanidine groups is 1. The third kappa shape index (κ3) is 4.27. The first kappa shape index (κ1) is 16.6. The van der Waals surface area contributed by atoms with E-state index in [4.69, 9.17) is 10.2 Å². The number of nitrogens with two attached hydrogens (primary N) is 1. The van der Waals surface area contributed by atoms with Crippen molar-refractivity contribution in [3.63, 3.8) is 0 Å². The van der Waals surface area contributed by atoms with Crippen molar-refractivity contribution in [2.24, 2.45) is 10.7 Å². The van der Waals surface area contributed by atoms with Crippen LogP contribution in [0.15, 0.2) is 27.8 Å². The van der Waals surface area contributed by atoms with Crippen molar-refractivity contribution in [1.29, 1.82) is 0 Å². The highest BCUT2D eigenvalue weighted by Gasteiger charge is 2.20. The van der Waals surface area contributed by atoms with Crippen LogP contribution in [0.25, 0.3) is 0 Å². The van der Waals surface area contributed by atoms with Crippen molar-refractivity contribution in [2.75, 3.05) is 32.7 Å². The van der Waals surface area contributed by atoms with E-state index in [2.05, 4.69) is 42.5 Å². The number of hydrogen-bond acceptors (Lipinski definition) is 3. The molecular formula is C15H28N4O. The quantitative estimate of drug-likeness (QED) is 0.586. The van der Waals surface area contributed by atoms with Gasteiger partial charge in [-0.05, 0) is 39.1 Å². The Kier molecular flexibility index (Phi) is 7.15.